The maximum atomic E-state index is 12.6. The van der Waals surface area contributed by atoms with E-state index in [4.69, 9.17) is 27.9 Å². The summed E-state index contributed by atoms with van der Waals surface area (Å²) in [6, 6.07) is 12.6. The van der Waals surface area contributed by atoms with E-state index in [2.05, 4.69) is 0 Å². The highest BCUT2D eigenvalue weighted by molar-refractivity contribution is 6.42. The zero-order chi connectivity index (χ0) is 16.1. The molecule has 0 N–H and O–H groups in total. The molecule has 0 fully saturated rings. The minimum absolute atomic E-state index is 0.102. The van der Waals surface area contributed by atoms with Crippen molar-refractivity contribution in [1.82, 2.24) is 4.90 Å². The lowest BCUT2D eigenvalue weighted by Crippen LogP contribution is -2.26. The largest absolute Gasteiger partial charge is 0.493 e. The number of carbonyl (C=O) groups excluding carboxylic acids is 1. The molecule has 22 heavy (non-hydrogen) atoms. The second kappa shape index (κ2) is 7.52. The lowest BCUT2D eigenvalue weighted by molar-refractivity contribution is 0.0781. The zero-order valence-electron chi connectivity index (χ0n) is 12.5. The van der Waals surface area contributed by atoms with Gasteiger partial charge in [-0.3, -0.25) is 4.79 Å². The average molecular weight is 338 g/mol. The summed E-state index contributed by atoms with van der Waals surface area (Å²) in [6.45, 7) is 2.84. The zero-order valence-corrected chi connectivity index (χ0v) is 14.0. The minimum Gasteiger partial charge on any atom is -0.493 e. The quantitative estimate of drug-likeness (QED) is 0.793. The van der Waals surface area contributed by atoms with Crippen LogP contribution in [-0.4, -0.2) is 24.5 Å². The van der Waals surface area contributed by atoms with Gasteiger partial charge in [0.1, 0.15) is 5.75 Å². The first kappa shape index (κ1) is 16.7. The van der Waals surface area contributed by atoms with E-state index in [9.17, 15) is 4.79 Å². The molecule has 3 nitrogen and oxygen atoms in total. The Morgan fingerprint density at radius 1 is 1.14 bits per heavy atom. The number of ether oxygens (including phenoxy) is 1. The standard InChI is InChI=1S/C17H17Cl2NO2/c1-3-22-16-7-5-4-6-13(16)17(21)20(2)11-12-8-9-14(18)15(19)10-12/h4-10H,3,11H2,1-2H3. The number of hydrogen-bond donors (Lipinski definition) is 0. The van der Waals surface area contributed by atoms with Crippen molar-refractivity contribution in [3.63, 3.8) is 0 Å². The molecule has 0 bridgehead atoms. The molecular weight excluding hydrogens is 321 g/mol. The summed E-state index contributed by atoms with van der Waals surface area (Å²) < 4.78 is 5.51. The fraction of sp³-hybridized carbons (Fsp3) is 0.235. The third-order valence-electron chi connectivity index (χ3n) is 3.17. The highest BCUT2D eigenvalue weighted by atomic mass is 35.5. The van der Waals surface area contributed by atoms with Crippen molar-refractivity contribution in [2.24, 2.45) is 0 Å². The molecule has 2 rings (SSSR count). The van der Waals surface area contributed by atoms with Crippen LogP contribution in [0.25, 0.3) is 0 Å². The third-order valence-corrected chi connectivity index (χ3v) is 3.91. The van der Waals surface area contributed by atoms with E-state index in [-0.39, 0.29) is 5.91 Å². The summed E-state index contributed by atoms with van der Waals surface area (Å²) in [5, 5.41) is 0.982. The Morgan fingerprint density at radius 2 is 1.86 bits per heavy atom. The van der Waals surface area contributed by atoms with Gasteiger partial charge >= 0.3 is 0 Å². The Hall–Kier alpha value is -1.71. The van der Waals surface area contributed by atoms with Gasteiger partial charge in [0.2, 0.25) is 0 Å². The van der Waals surface area contributed by atoms with E-state index >= 15 is 0 Å². The Kier molecular flexibility index (Phi) is 5.69. The van der Waals surface area contributed by atoms with E-state index in [0.717, 1.165) is 5.56 Å². The van der Waals surface area contributed by atoms with E-state index in [1.165, 1.54) is 0 Å². The number of benzene rings is 2. The molecule has 0 saturated heterocycles. The summed E-state index contributed by atoms with van der Waals surface area (Å²) in [5.74, 6) is 0.492. The van der Waals surface area contributed by atoms with Gasteiger partial charge in [0.15, 0.2) is 0 Å². The van der Waals surface area contributed by atoms with Gasteiger partial charge < -0.3 is 9.64 Å². The molecule has 0 aliphatic carbocycles. The third kappa shape index (κ3) is 3.93. The molecule has 0 aliphatic rings. The Labute approximate surface area is 140 Å². The fourth-order valence-electron chi connectivity index (χ4n) is 2.11. The van der Waals surface area contributed by atoms with Crippen LogP contribution in [0.1, 0.15) is 22.8 Å². The predicted octanol–water partition coefficient (Wildman–Crippen LogP) is 4.66. The normalized spacial score (nSPS) is 10.4. The van der Waals surface area contributed by atoms with Crippen LogP contribution in [-0.2, 0) is 6.54 Å². The second-order valence-electron chi connectivity index (χ2n) is 4.84. The van der Waals surface area contributed by atoms with Crippen LogP contribution < -0.4 is 4.74 Å². The molecule has 0 heterocycles. The molecular formula is C17H17Cl2NO2. The Morgan fingerprint density at radius 3 is 2.55 bits per heavy atom. The Balaban J connectivity index is 2.17. The average Bonchev–Trinajstić information content (AvgIpc) is 2.51. The van der Waals surface area contributed by atoms with Crippen LogP contribution in [0.5, 0.6) is 5.75 Å². The SMILES string of the molecule is CCOc1ccccc1C(=O)N(C)Cc1ccc(Cl)c(Cl)c1. The number of amides is 1. The number of rotatable bonds is 5. The van der Waals surface area contributed by atoms with Crippen molar-refractivity contribution in [3.8, 4) is 5.75 Å². The van der Waals surface area contributed by atoms with Crippen LogP contribution in [0, 0.1) is 0 Å². The van der Waals surface area contributed by atoms with Gasteiger partial charge in [-0.25, -0.2) is 0 Å². The molecule has 0 aliphatic heterocycles. The van der Waals surface area contributed by atoms with Crippen molar-refractivity contribution >= 4 is 29.1 Å². The molecule has 2 aromatic rings. The highest BCUT2D eigenvalue weighted by Crippen LogP contribution is 2.24. The van der Waals surface area contributed by atoms with E-state index < -0.39 is 0 Å². The van der Waals surface area contributed by atoms with E-state index in [0.29, 0.717) is 34.5 Å². The van der Waals surface area contributed by atoms with E-state index in [1.807, 2.05) is 25.1 Å². The van der Waals surface area contributed by atoms with Crippen LogP contribution in [0.15, 0.2) is 42.5 Å². The highest BCUT2D eigenvalue weighted by Gasteiger charge is 2.16. The van der Waals surface area contributed by atoms with Gasteiger partial charge in [-0.15, -0.1) is 0 Å². The molecule has 5 heteroatoms. The van der Waals surface area contributed by atoms with Crippen LogP contribution in [0.4, 0.5) is 0 Å². The molecule has 0 atom stereocenters. The van der Waals surface area contributed by atoms with Crippen molar-refractivity contribution in [3.05, 3.63) is 63.6 Å². The molecule has 0 aromatic heterocycles. The summed E-state index contributed by atoms with van der Waals surface area (Å²) in [6.07, 6.45) is 0. The van der Waals surface area contributed by atoms with Crippen molar-refractivity contribution in [2.75, 3.05) is 13.7 Å². The monoisotopic (exact) mass is 337 g/mol. The second-order valence-corrected chi connectivity index (χ2v) is 5.65. The summed E-state index contributed by atoms with van der Waals surface area (Å²) >= 11 is 11.9. The molecule has 0 spiro atoms. The maximum Gasteiger partial charge on any atom is 0.257 e. The first-order chi connectivity index (χ1) is 10.5. The number of hydrogen-bond acceptors (Lipinski definition) is 2. The first-order valence-electron chi connectivity index (χ1n) is 6.94. The van der Waals surface area contributed by atoms with Crippen molar-refractivity contribution in [1.29, 1.82) is 0 Å². The molecule has 2 aromatic carbocycles. The molecule has 116 valence electrons. The summed E-state index contributed by atoms with van der Waals surface area (Å²) in [4.78, 5) is 14.2. The van der Waals surface area contributed by atoms with Gasteiger partial charge in [-0.1, -0.05) is 41.4 Å². The first-order valence-corrected chi connectivity index (χ1v) is 7.69. The topological polar surface area (TPSA) is 29.5 Å². The lowest BCUT2D eigenvalue weighted by Gasteiger charge is -2.19. The smallest absolute Gasteiger partial charge is 0.257 e. The predicted molar refractivity (Wildman–Crippen MR) is 89.9 cm³/mol. The van der Waals surface area contributed by atoms with Crippen LogP contribution >= 0.6 is 23.2 Å². The number of para-hydroxylation sites is 1. The van der Waals surface area contributed by atoms with Gasteiger partial charge in [0, 0.05) is 13.6 Å². The maximum absolute atomic E-state index is 12.6. The number of halogens is 2. The molecule has 0 unspecified atom stereocenters. The molecule has 0 saturated carbocycles. The van der Waals surface area contributed by atoms with Crippen LogP contribution in [0.2, 0.25) is 10.0 Å². The van der Waals surface area contributed by atoms with Gasteiger partial charge in [0.25, 0.3) is 5.91 Å². The number of carbonyl (C=O) groups is 1. The minimum atomic E-state index is -0.102. The van der Waals surface area contributed by atoms with E-state index in [1.54, 1.807) is 36.2 Å². The number of nitrogens with zero attached hydrogens (tertiary/aromatic N) is 1. The molecule has 1 amide bonds. The van der Waals surface area contributed by atoms with Gasteiger partial charge in [0.05, 0.1) is 22.2 Å². The summed E-state index contributed by atoms with van der Waals surface area (Å²) in [7, 11) is 1.74. The molecule has 0 radical (unpaired) electrons. The summed E-state index contributed by atoms with van der Waals surface area (Å²) in [5.41, 5.74) is 1.46. The van der Waals surface area contributed by atoms with Gasteiger partial charge in [-0.2, -0.15) is 0 Å². The van der Waals surface area contributed by atoms with Gasteiger partial charge in [-0.05, 0) is 36.8 Å². The van der Waals surface area contributed by atoms with Crippen molar-refractivity contribution in [2.45, 2.75) is 13.5 Å². The van der Waals surface area contributed by atoms with Crippen molar-refractivity contribution < 1.29 is 9.53 Å². The lowest BCUT2D eigenvalue weighted by atomic mass is 10.1. The Bertz CT molecular complexity index is 673. The fourth-order valence-corrected chi connectivity index (χ4v) is 2.43. The van der Waals surface area contributed by atoms with Crippen LogP contribution in [0.3, 0.4) is 0 Å².